The van der Waals surface area contributed by atoms with E-state index in [1.54, 1.807) is 12.5 Å². The van der Waals surface area contributed by atoms with Gasteiger partial charge in [0, 0.05) is 18.9 Å². The SMILES string of the molecule is c1ccc2c(OCCCCn3ccnc3)ncnc2c1. The van der Waals surface area contributed by atoms with E-state index >= 15 is 0 Å². The first-order valence-electron chi connectivity index (χ1n) is 6.72. The molecule has 5 nitrogen and oxygen atoms in total. The number of hydrogen-bond donors (Lipinski definition) is 0. The lowest BCUT2D eigenvalue weighted by molar-refractivity contribution is 0.295. The van der Waals surface area contributed by atoms with Gasteiger partial charge in [-0.3, -0.25) is 0 Å². The molecule has 2 heterocycles. The number of imidazole rings is 1. The second kappa shape index (κ2) is 6.14. The quantitative estimate of drug-likeness (QED) is 0.645. The van der Waals surface area contributed by atoms with E-state index < -0.39 is 0 Å². The van der Waals surface area contributed by atoms with Crippen LogP contribution in [0, 0.1) is 0 Å². The molecule has 1 aromatic carbocycles. The van der Waals surface area contributed by atoms with Gasteiger partial charge >= 0.3 is 0 Å². The van der Waals surface area contributed by atoms with Crippen LogP contribution in [0.25, 0.3) is 10.9 Å². The van der Waals surface area contributed by atoms with Gasteiger partial charge in [-0.25, -0.2) is 15.0 Å². The minimum Gasteiger partial charge on any atom is -0.477 e. The van der Waals surface area contributed by atoms with E-state index in [1.165, 1.54) is 0 Å². The summed E-state index contributed by atoms with van der Waals surface area (Å²) in [6.07, 6.45) is 9.18. The van der Waals surface area contributed by atoms with Crippen LogP contribution in [0.3, 0.4) is 0 Å². The molecule has 0 atom stereocenters. The average Bonchev–Trinajstić information content (AvgIpc) is 3.00. The zero-order chi connectivity index (χ0) is 13.6. The van der Waals surface area contributed by atoms with Crippen molar-refractivity contribution in [1.82, 2.24) is 19.5 Å². The summed E-state index contributed by atoms with van der Waals surface area (Å²) in [7, 11) is 0. The van der Waals surface area contributed by atoms with Gasteiger partial charge in [0.2, 0.25) is 5.88 Å². The van der Waals surface area contributed by atoms with Crippen molar-refractivity contribution in [3.63, 3.8) is 0 Å². The highest BCUT2D eigenvalue weighted by molar-refractivity contribution is 5.82. The molecule has 102 valence electrons. The number of unbranched alkanes of at least 4 members (excludes halogenated alkanes) is 1. The molecule has 0 aliphatic heterocycles. The van der Waals surface area contributed by atoms with Crippen molar-refractivity contribution >= 4 is 10.9 Å². The first-order chi connectivity index (χ1) is 9.93. The number of aromatic nitrogens is 4. The Balaban J connectivity index is 1.52. The van der Waals surface area contributed by atoms with Crippen molar-refractivity contribution in [3.05, 3.63) is 49.3 Å². The third-order valence-corrected chi connectivity index (χ3v) is 3.11. The van der Waals surface area contributed by atoms with E-state index in [0.29, 0.717) is 12.5 Å². The van der Waals surface area contributed by atoms with Gasteiger partial charge in [0.15, 0.2) is 0 Å². The Labute approximate surface area is 117 Å². The maximum atomic E-state index is 5.76. The van der Waals surface area contributed by atoms with Gasteiger partial charge in [-0.15, -0.1) is 0 Å². The molecule has 0 N–H and O–H groups in total. The van der Waals surface area contributed by atoms with Crippen molar-refractivity contribution < 1.29 is 4.74 Å². The molecular formula is C15H16N4O. The van der Waals surface area contributed by atoms with E-state index in [9.17, 15) is 0 Å². The Hall–Kier alpha value is -2.43. The first kappa shape index (κ1) is 12.6. The summed E-state index contributed by atoms with van der Waals surface area (Å²) in [6.45, 7) is 1.63. The smallest absolute Gasteiger partial charge is 0.224 e. The molecule has 0 aliphatic carbocycles. The fourth-order valence-electron chi connectivity index (χ4n) is 2.08. The molecule has 0 aliphatic rings. The summed E-state index contributed by atoms with van der Waals surface area (Å²) in [5, 5.41) is 0.963. The highest BCUT2D eigenvalue weighted by Crippen LogP contribution is 2.20. The fraction of sp³-hybridized carbons (Fsp3) is 0.267. The predicted octanol–water partition coefficient (Wildman–Crippen LogP) is 2.69. The third-order valence-electron chi connectivity index (χ3n) is 3.11. The van der Waals surface area contributed by atoms with Crippen LogP contribution in [0.4, 0.5) is 0 Å². The Kier molecular flexibility index (Phi) is 3.87. The van der Waals surface area contributed by atoms with Crippen molar-refractivity contribution in [3.8, 4) is 5.88 Å². The molecular weight excluding hydrogens is 252 g/mol. The number of para-hydroxylation sites is 1. The van der Waals surface area contributed by atoms with Gasteiger partial charge in [0.25, 0.3) is 0 Å². The lowest BCUT2D eigenvalue weighted by Gasteiger charge is -2.07. The highest BCUT2D eigenvalue weighted by atomic mass is 16.5. The molecule has 3 rings (SSSR count). The summed E-state index contributed by atoms with van der Waals surface area (Å²) < 4.78 is 7.83. The van der Waals surface area contributed by atoms with E-state index in [1.807, 2.05) is 36.8 Å². The number of hydrogen-bond acceptors (Lipinski definition) is 4. The predicted molar refractivity (Wildman–Crippen MR) is 76.5 cm³/mol. The maximum Gasteiger partial charge on any atom is 0.224 e. The van der Waals surface area contributed by atoms with Crippen LogP contribution in [-0.4, -0.2) is 26.1 Å². The minimum absolute atomic E-state index is 0.662. The number of rotatable bonds is 6. The van der Waals surface area contributed by atoms with Crippen LogP contribution in [0.1, 0.15) is 12.8 Å². The van der Waals surface area contributed by atoms with Crippen LogP contribution in [0.2, 0.25) is 0 Å². The fourth-order valence-corrected chi connectivity index (χ4v) is 2.08. The summed E-state index contributed by atoms with van der Waals surface area (Å²) in [6, 6.07) is 7.88. The average molecular weight is 268 g/mol. The van der Waals surface area contributed by atoms with Crippen LogP contribution in [0.15, 0.2) is 49.3 Å². The first-order valence-corrected chi connectivity index (χ1v) is 6.72. The number of ether oxygens (including phenoxy) is 1. The van der Waals surface area contributed by atoms with E-state index in [2.05, 4.69) is 19.5 Å². The van der Waals surface area contributed by atoms with E-state index in [-0.39, 0.29) is 0 Å². The van der Waals surface area contributed by atoms with E-state index in [4.69, 9.17) is 4.74 Å². The topological polar surface area (TPSA) is 52.8 Å². The Morgan fingerprint density at radius 1 is 1.10 bits per heavy atom. The monoisotopic (exact) mass is 268 g/mol. The van der Waals surface area contributed by atoms with Gasteiger partial charge in [-0.2, -0.15) is 0 Å². The zero-order valence-electron chi connectivity index (χ0n) is 11.1. The van der Waals surface area contributed by atoms with Crippen molar-refractivity contribution in [1.29, 1.82) is 0 Å². The standard InChI is InChI=1S/C15H16N4O/c1-2-6-14-13(5-1)15(18-11-17-14)20-10-4-3-8-19-9-7-16-12-19/h1-2,5-7,9,11-12H,3-4,8,10H2. The van der Waals surface area contributed by atoms with Crippen molar-refractivity contribution in [2.45, 2.75) is 19.4 Å². The Bertz CT molecular complexity index is 661. The second-order valence-electron chi connectivity index (χ2n) is 4.55. The molecule has 2 aromatic heterocycles. The van der Waals surface area contributed by atoms with Crippen LogP contribution < -0.4 is 4.74 Å². The van der Waals surface area contributed by atoms with Gasteiger partial charge in [0.1, 0.15) is 6.33 Å². The molecule has 0 bridgehead atoms. The van der Waals surface area contributed by atoms with Gasteiger partial charge < -0.3 is 9.30 Å². The molecule has 0 fully saturated rings. The minimum atomic E-state index is 0.662. The van der Waals surface area contributed by atoms with E-state index in [0.717, 1.165) is 30.3 Å². The molecule has 3 aromatic rings. The highest BCUT2D eigenvalue weighted by Gasteiger charge is 2.03. The largest absolute Gasteiger partial charge is 0.477 e. The van der Waals surface area contributed by atoms with Gasteiger partial charge in [0.05, 0.1) is 23.8 Å². The zero-order valence-corrected chi connectivity index (χ0v) is 11.1. The molecule has 0 saturated heterocycles. The summed E-state index contributed by atoms with van der Waals surface area (Å²) in [4.78, 5) is 12.4. The summed E-state index contributed by atoms with van der Waals surface area (Å²) in [5.74, 6) is 0.665. The molecule has 0 saturated carbocycles. The van der Waals surface area contributed by atoms with Crippen LogP contribution in [0.5, 0.6) is 5.88 Å². The van der Waals surface area contributed by atoms with Crippen molar-refractivity contribution in [2.24, 2.45) is 0 Å². The molecule has 0 unspecified atom stereocenters. The Morgan fingerprint density at radius 3 is 2.95 bits per heavy atom. The molecule has 0 spiro atoms. The van der Waals surface area contributed by atoms with Crippen LogP contribution >= 0.6 is 0 Å². The maximum absolute atomic E-state index is 5.76. The third kappa shape index (κ3) is 2.93. The van der Waals surface area contributed by atoms with Gasteiger partial charge in [-0.1, -0.05) is 12.1 Å². The number of nitrogens with zero attached hydrogens (tertiary/aromatic N) is 4. The molecule has 20 heavy (non-hydrogen) atoms. The summed E-state index contributed by atoms with van der Waals surface area (Å²) in [5.41, 5.74) is 0.913. The van der Waals surface area contributed by atoms with Crippen molar-refractivity contribution in [2.75, 3.05) is 6.61 Å². The lowest BCUT2D eigenvalue weighted by atomic mass is 10.2. The number of fused-ring (bicyclic) bond motifs is 1. The molecule has 0 amide bonds. The molecule has 5 heteroatoms. The normalized spacial score (nSPS) is 10.8. The Morgan fingerprint density at radius 2 is 2.05 bits per heavy atom. The lowest BCUT2D eigenvalue weighted by Crippen LogP contribution is -2.02. The van der Waals surface area contributed by atoms with Gasteiger partial charge in [-0.05, 0) is 25.0 Å². The number of aryl methyl sites for hydroxylation is 1. The summed E-state index contributed by atoms with van der Waals surface area (Å²) >= 11 is 0. The molecule has 0 radical (unpaired) electrons. The number of benzene rings is 1. The second-order valence-corrected chi connectivity index (χ2v) is 4.55. The van der Waals surface area contributed by atoms with Crippen LogP contribution in [-0.2, 0) is 6.54 Å².